The number of carbonyl (C=O) groups excluding carboxylic acids is 1. The van der Waals surface area contributed by atoms with E-state index in [1.165, 1.54) is 48.4 Å². The molecule has 3 aromatic rings. The second-order valence-electron chi connectivity index (χ2n) is 6.34. The molecule has 2 aromatic carbocycles. The first kappa shape index (κ1) is 20.8. The summed E-state index contributed by atoms with van der Waals surface area (Å²) in [5.74, 6) is 0.232. The first-order valence-electron chi connectivity index (χ1n) is 8.83. The van der Waals surface area contributed by atoms with Gasteiger partial charge in [-0.15, -0.1) is 0 Å². The number of non-ortho nitro benzene ring substituents is 1. The number of halogens is 1. The molecule has 1 amide bonds. The molecule has 1 aromatic heterocycles. The number of rotatable bonds is 5. The first-order valence-corrected chi connectivity index (χ1v) is 10.1. The molecule has 0 N–H and O–H groups in total. The molecule has 0 radical (unpaired) electrons. The smallest absolute Gasteiger partial charge is 0.273 e. The number of ether oxygens (including phenoxy) is 1. The van der Waals surface area contributed by atoms with Gasteiger partial charge in [0.15, 0.2) is 4.32 Å². The third-order valence-corrected chi connectivity index (χ3v) is 5.72. The average Bonchev–Trinajstić information content (AvgIpc) is 3.31. The van der Waals surface area contributed by atoms with Gasteiger partial charge >= 0.3 is 0 Å². The molecule has 0 unspecified atom stereocenters. The molecule has 1 aliphatic rings. The van der Waals surface area contributed by atoms with Gasteiger partial charge in [0, 0.05) is 12.1 Å². The number of thiocarbonyl (C=S) groups is 1. The summed E-state index contributed by atoms with van der Waals surface area (Å²) in [4.78, 5) is 24.9. The van der Waals surface area contributed by atoms with Gasteiger partial charge in [-0.3, -0.25) is 19.8 Å². The second-order valence-corrected chi connectivity index (χ2v) is 8.02. The summed E-state index contributed by atoms with van der Waals surface area (Å²) in [6.07, 6.45) is 1.54. The Labute approximate surface area is 185 Å². The van der Waals surface area contributed by atoms with Crippen LogP contribution in [0.25, 0.3) is 17.4 Å². The van der Waals surface area contributed by atoms with Crippen LogP contribution in [0, 0.1) is 15.9 Å². The normalized spacial score (nSPS) is 15.0. The van der Waals surface area contributed by atoms with Gasteiger partial charge < -0.3 is 9.15 Å². The SMILES string of the molecule is COc1cc([N+](=O)[O-])ccc1-c1ccc(/C=C2/SC(=S)N(c3cccc(F)c3)C2=O)o1. The molecule has 0 saturated carbocycles. The Morgan fingerprint density at radius 3 is 2.74 bits per heavy atom. The Morgan fingerprint density at radius 1 is 1.23 bits per heavy atom. The quantitative estimate of drug-likeness (QED) is 0.220. The highest BCUT2D eigenvalue weighted by atomic mass is 32.2. The highest BCUT2D eigenvalue weighted by Crippen LogP contribution is 2.38. The Morgan fingerprint density at radius 2 is 2.03 bits per heavy atom. The summed E-state index contributed by atoms with van der Waals surface area (Å²) in [7, 11) is 1.41. The van der Waals surface area contributed by atoms with Crippen LogP contribution in [-0.4, -0.2) is 22.3 Å². The fourth-order valence-electron chi connectivity index (χ4n) is 3.01. The molecule has 156 valence electrons. The maximum absolute atomic E-state index is 13.5. The largest absolute Gasteiger partial charge is 0.496 e. The number of methoxy groups -OCH3 is 1. The minimum atomic E-state index is -0.513. The maximum atomic E-state index is 13.5. The molecule has 0 spiro atoms. The van der Waals surface area contributed by atoms with Crippen molar-refractivity contribution in [2.45, 2.75) is 0 Å². The van der Waals surface area contributed by atoms with Gasteiger partial charge in [-0.2, -0.15) is 0 Å². The zero-order valence-electron chi connectivity index (χ0n) is 15.9. The van der Waals surface area contributed by atoms with Crippen LogP contribution in [0.15, 0.2) is 63.9 Å². The van der Waals surface area contributed by atoms with Gasteiger partial charge in [-0.05, 0) is 36.4 Å². The molecule has 1 fully saturated rings. The number of amides is 1. The number of anilines is 1. The van der Waals surface area contributed by atoms with Crippen LogP contribution >= 0.6 is 24.0 Å². The highest BCUT2D eigenvalue weighted by Gasteiger charge is 2.33. The fraction of sp³-hybridized carbons (Fsp3) is 0.0476. The van der Waals surface area contributed by atoms with E-state index in [1.54, 1.807) is 24.3 Å². The topological polar surface area (TPSA) is 85.8 Å². The van der Waals surface area contributed by atoms with Crippen molar-refractivity contribution in [2.75, 3.05) is 12.0 Å². The molecular formula is C21H13FN2O5S2. The number of nitro groups is 1. The summed E-state index contributed by atoms with van der Waals surface area (Å²) in [5, 5.41) is 11.0. The van der Waals surface area contributed by atoms with Gasteiger partial charge in [0.25, 0.3) is 11.6 Å². The lowest BCUT2D eigenvalue weighted by atomic mass is 10.1. The Kier molecular flexibility index (Phi) is 5.57. The van der Waals surface area contributed by atoms with E-state index in [2.05, 4.69) is 0 Å². The minimum Gasteiger partial charge on any atom is -0.496 e. The molecule has 0 aliphatic carbocycles. The van der Waals surface area contributed by atoms with Crippen molar-refractivity contribution in [3.05, 3.63) is 81.2 Å². The average molecular weight is 456 g/mol. The van der Waals surface area contributed by atoms with Crippen molar-refractivity contribution in [3.8, 4) is 17.1 Å². The van der Waals surface area contributed by atoms with Crippen LogP contribution in [-0.2, 0) is 4.79 Å². The van der Waals surface area contributed by atoms with Gasteiger partial charge in [-0.25, -0.2) is 4.39 Å². The standard InChI is InChI=1S/C21H13FN2O5S2/c1-28-18-10-14(24(26)27)5-7-16(18)17-8-6-15(29-17)11-19-20(25)23(21(30)31-19)13-4-2-3-12(22)9-13/h2-11H,1H3/b19-11+. The van der Waals surface area contributed by atoms with E-state index in [1.807, 2.05) is 0 Å². The van der Waals surface area contributed by atoms with Crippen molar-refractivity contribution in [1.29, 1.82) is 0 Å². The zero-order chi connectivity index (χ0) is 22.1. The molecule has 1 saturated heterocycles. The summed E-state index contributed by atoms with van der Waals surface area (Å²) in [5.41, 5.74) is 0.773. The molecule has 10 heteroatoms. The third-order valence-electron chi connectivity index (χ3n) is 4.42. The molecule has 7 nitrogen and oxygen atoms in total. The predicted molar refractivity (Wildman–Crippen MR) is 119 cm³/mol. The minimum absolute atomic E-state index is 0.103. The number of carbonyl (C=O) groups is 1. The lowest BCUT2D eigenvalue weighted by molar-refractivity contribution is -0.384. The van der Waals surface area contributed by atoms with Gasteiger partial charge in [-0.1, -0.05) is 30.0 Å². The molecule has 31 heavy (non-hydrogen) atoms. The molecule has 0 bridgehead atoms. The van der Waals surface area contributed by atoms with E-state index in [4.69, 9.17) is 21.4 Å². The van der Waals surface area contributed by atoms with E-state index in [0.29, 0.717) is 27.7 Å². The lowest BCUT2D eigenvalue weighted by Gasteiger charge is -2.14. The van der Waals surface area contributed by atoms with Crippen molar-refractivity contribution in [1.82, 2.24) is 0 Å². The first-order chi connectivity index (χ1) is 14.9. The fourth-order valence-corrected chi connectivity index (χ4v) is 4.29. The van der Waals surface area contributed by atoms with Crippen LogP contribution < -0.4 is 9.64 Å². The van der Waals surface area contributed by atoms with Crippen molar-refractivity contribution in [2.24, 2.45) is 0 Å². The number of benzene rings is 2. The molecule has 2 heterocycles. The van der Waals surface area contributed by atoms with Crippen LogP contribution in [0.5, 0.6) is 5.75 Å². The second kappa shape index (κ2) is 8.32. The number of hydrogen-bond acceptors (Lipinski definition) is 7. The van der Waals surface area contributed by atoms with E-state index in [-0.39, 0.29) is 21.7 Å². The summed E-state index contributed by atoms with van der Waals surface area (Å²) < 4.78 is 24.9. The highest BCUT2D eigenvalue weighted by molar-refractivity contribution is 8.27. The number of hydrogen-bond donors (Lipinski definition) is 0. The lowest BCUT2D eigenvalue weighted by Crippen LogP contribution is -2.27. The van der Waals surface area contributed by atoms with Crippen molar-refractivity contribution >= 4 is 51.7 Å². The van der Waals surface area contributed by atoms with Crippen LogP contribution in [0.2, 0.25) is 0 Å². The van der Waals surface area contributed by atoms with E-state index in [0.717, 1.165) is 11.8 Å². The summed E-state index contributed by atoms with van der Waals surface area (Å²) in [6, 6.07) is 13.1. The molecule has 0 atom stereocenters. The van der Waals surface area contributed by atoms with Crippen LogP contribution in [0.3, 0.4) is 0 Å². The van der Waals surface area contributed by atoms with Gasteiger partial charge in [0.1, 0.15) is 23.1 Å². The molecular weight excluding hydrogens is 443 g/mol. The Hall–Kier alpha value is -3.50. The third kappa shape index (κ3) is 4.07. The summed E-state index contributed by atoms with van der Waals surface area (Å²) >= 11 is 6.37. The summed E-state index contributed by atoms with van der Waals surface area (Å²) in [6.45, 7) is 0. The van der Waals surface area contributed by atoms with E-state index < -0.39 is 10.7 Å². The maximum Gasteiger partial charge on any atom is 0.273 e. The predicted octanol–water partition coefficient (Wildman–Crippen LogP) is 5.41. The van der Waals surface area contributed by atoms with Crippen molar-refractivity contribution in [3.63, 3.8) is 0 Å². The molecule has 1 aliphatic heterocycles. The van der Waals surface area contributed by atoms with Crippen LogP contribution in [0.1, 0.15) is 5.76 Å². The number of nitro benzene ring substituents is 1. The van der Waals surface area contributed by atoms with E-state index >= 15 is 0 Å². The van der Waals surface area contributed by atoms with Gasteiger partial charge in [0.05, 0.1) is 34.3 Å². The number of nitrogens with zero attached hydrogens (tertiary/aromatic N) is 2. The van der Waals surface area contributed by atoms with Gasteiger partial charge in [0.2, 0.25) is 0 Å². The number of furan rings is 1. The van der Waals surface area contributed by atoms with Crippen molar-refractivity contribution < 1.29 is 23.3 Å². The Balaban J connectivity index is 1.63. The van der Waals surface area contributed by atoms with E-state index in [9.17, 15) is 19.3 Å². The number of thioether (sulfide) groups is 1. The van der Waals surface area contributed by atoms with Crippen LogP contribution in [0.4, 0.5) is 15.8 Å². The zero-order valence-corrected chi connectivity index (χ0v) is 17.5. The monoisotopic (exact) mass is 456 g/mol. The Bertz CT molecular complexity index is 1250. The molecule has 4 rings (SSSR count).